The predicted octanol–water partition coefficient (Wildman–Crippen LogP) is 1.59. The monoisotopic (exact) mass is 275 g/mol. The first kappa shape index (κ1) is 12.4. The lowest BCUT2D eigenvalue weighted by Gasteiger charge is -2.22. The smallest absolute Gasteiger partial charge is 0.253 e. The van der Waals surface area contributed by atoms with Crippen LogP contribution in [0.1, 0.15) is 25.2 Å². The molecule has 0 spiro atoms. The fourth-order valence-corrected chi connectivity index (χ4v) is 1.90. The molecule has 4 nitrogen and oxygen atoms in total. The van der Waals surface area contributed by atoms with Gasteiger partial charge in [-0.2, -0.15) is 4.73 Å². The van der Waals surface area contributed by atoms with Crippen LogP contribution in [-0.4, -0.2) is 11.7 Å². The first-order chi connectivity index (χ1) is 6.88. The number of rotatable bonds is 3. The molecule has 0 radical (unpaired) electrons. The quantitative estimate of drug-likeness (QED) is 0.518. The second-order valence-electron chi connectivity index (χ2n) is 3.41. The number of nitrogens with zero attached hydrogens (tertiary/aromatic N) is 1. The Bertz CT molecular complexity index is 366. The van der Waals surface area contributed by atoms with E-state index in [1.807, 2.05) is 0 Å². The molecule has 1 aromatic heterocycles. The molecule has 1 rings (SSSR count). The van der Waals surface area contributed by atoms with Crippen LogP contribution in [0.3, 0.4) is 0 Å². The summed E-state index contributed by atoms with van der Waals surface area (Å²) >= 11 is 3.27. The van der Waals surface area contributed by atoms with Gasteiger partial charge in [-0.15, -0.1) is 0 Å². The van der Waals surface area contributed by atoms with Crippen LogP contribution in [0.4, 0.5) is 0 Å². The molecule has 1 heterocycles. The van der Waals surface area contributed by atoms with Crippen molar-refractivity contribution in [2.75, 3.05) is 6.61 Å². The van der Waals surface area contributed by atoms with E-state index in [-0.39, 0.29) is 5.69 Å². The zero-order valence-electron chi connectivity index (χ0n) is 8.95. The number of halogens is 1. The highest BCUT2D eigenvalue weighted by molar-refractivity contribution is 9.10. The van der Waals surface area contributed by atoms with Crippen LogP contribution in [0.25, 0.3) is 0 Å². The molecule has 5 heteroatoms. The highest BCUT2D eigenvalue weighted by Crippen LogP contribution is 2.22. The van der Waals surface area contributed by atoms with Crippen molar-refractivity contribution in [3.8, 4) is 0 Å². The third-order valence-electron chi connectivity index (χ3n) is 2.06. The number of aromatic nitrogens is 1. The second kappa shape index (κ2) is 4.47. The molecule has 0 saturated carbocycles. The van der Waals surface area contributed by atoms with Crippen molar-refractivity contribution in [2.24, 2.45) is 0 Å². The van der Waals surface area contributed by atoms with Crippen LogP contribution < -0.4 is 4.73 Å². The van der Waals surface area contributed by atoms with Gasteiger partial charge < -0.3 is 15.1 Å². The summed E-state index contributed by atoms with van der Waals surface area (Å²) in [4.78, 5) is 0. The standard InChI is InChI=1S/C10H14BrNO3/c1-4-15-10(3,13)9-6-8(11)5-7(2)12(9)14/h5-6,13H,4H2,1-3H3. The number of hydrogen-bond donors (Lipinski definition) is 1. The minimum atomic E-state index is -1.56. The Morgan fingerprint density at radius 3 is 2.73 bits per heavy atom. The first-order valence-corrected chi connectivity index (χ1v) is 5.44. The zero-order valence-corrected chi connectivity index (χ0v) is 10.5. The van der Waals surface area contributed by atoms with Crippen molar-refractivity contribution in [1.82, 2.24) is 0 Å². The number of hydrogen-bond acceptors (Lipinski definition) is 3. The average Bonchev–Trinajstić information content (AvgIpc) is 2.11. The SMILES string of the molecule is CCOC(C)(O)c1cc(Br)cc(C)[n+]1[O-]. The molecular weight excluding hydrogens is 262 g/mol. The highest BCUT2D eigenvalue weighted by atomic mass is 79.9. The lowest BCUT2D eigenvalue weighted by atomic mass is 10.2. The van der Waals surface area contributed by atoms with E-state index in [1.54, 1.807) is 26.0 Å². The van der Waals surface area contributed by atoms with Gasteiger partial charge in [0.1, 0.15) is 0 Å². The van der Waals surface area contributed by atoms with E-state index in [2.05, 4.69) is 15.9 Å². The highest BCUT2D eigenvalue weighted by Gasteiger charge is 2.33. The minimum absolute atomic E-state index is 0.177. The Morgan fingerprint density at radius 2 is 2.20 bits per heavy atom. The first-order valence-electron chi connectivity index (χ1n) is 4.65. The number of ether oxygens (including phenoxy) is 1. The Hall–Kier alpha value is -0.650. The molecule has 0 amide bonds. The molecule has 84 valence electrons. The van der Waals surface area contributed by atoms with Crippen molar-refractivity contribution >= 4 is 15.9 Å². The Balaban J connectivity index is 3.24. The molecule has 0 fully saturated rings. The van der Waals surface area contributed by atoms with Gasteiger partial charge in [-0.1, -0.05) is 15.9 Å². The number of pyridine rings is 1. The summed E-state index contributed by atoms with van der Waals surface area (Å²) in [5, 5.41) is 21.6. The van der Waals surface area contributed by atoms with Crippen molar-refractivity contribution in [3.05, 3.63) is 33.2 Å². The van der Waals surface area contributed by atoms with Crippen molar-refractivity contribution in [3.63, 3.8) is 0 Å². The van der Waals surface area contributed by atoms with Gasteiger partial charge in [0, 0.05) is 37.1 Å². The van der Waals surface area contributed by atoms with Crippen molar-refractivity contribution in [2.45, 2.75) is 26.6 Å². The summed E-state index contributed by atoms with van der Waals surface area (Å²) in [6.45, 7) is 5.21. The van der Waals surface area contributed by atoms with Crippen LogP contribution in [0.5, 0.6) is 0 Å². The molecule has 1 aromatic rings. The molecule has 1 N–H and O–H groups in total. The van der Waals surface area contributed by atoms with E-state index < -0.39 is 5.79 Å². The van der Waals surface area contributed by atoms with E-state index in [0.717, 1.165) is 4.47 Å². The maximum absolute atomic E-state index is 11.7. The normalized spacial score (nSPS) is 15.0. The zero-order chi connectivity index (χ0) is 11.6. The molecule has 0 saturated heterocycles. The summed E-state index contributed by atoms with van der Waals surface area (Å²) < 4.78 is 6.53. The summed E-state index contributed by atoms with van der Waals surface area (Å²) in [6, 6.07) is 3.23. The van der Waals surface area contributed by atoms with Gasteiger partial charge in [0.05, 0.1) is 0 Å². The second-order valence-corrected chi connectivity index (χ2v) is 4.33. The fourth-order valence-electron chi connectivity index (χ4n) is 1.36. The van der Waals surface area contributed by atoms with Gasteiger partial charge in [0.25, 0.3) is 11.5 Å². The largest absolute Gasteiger partial charge is 0.618 e. The lowest BCUT2D eigenvalue weighted by molar-refractivity contribution is -0.635. The maximum atomic E-state index is 11.7. The van der Waals surface area contributed by atoms with Gasteiger partial charge in [-0.25, -0.2) is 0 Å². The Morgan fingerprint density at radius 1 is 1.60 bits per heavy atom. The number of aliphatic hydroxyl groups is 1. The summed E-state index contributed by atoms with van der Waals surface area (Å²) in [5.41, 5.74) is 0.676. The molecule has 0 aromatic carbocycles. The van der Waals surface area contributed by atoms with E-state index in [9.17, 15) is 10.3 Å². The van der Waals surface area contributed by atoms with E-state index >= 15 is 0 Å². The summed E-state index contributed by atoms with van der Waals surface area (Å²) in [5.74, 6) is -1.56. The summed E-state index contributed by atoms with van der Waals surface area (Å²) in [7, 11) is 0. The van der Waals surface area contributed by atoms with Crippen molar-refractivity contribution in [1.29, 1.82) is 0 Å². The minimum Gasteiger partial charge on any atom is -0.618 e. The Kier molecular flexibility index (Phi) is 3.70. The molecule has 1 atom stereocenters. The van der Waals surface area contributed by atoms with Gasteiger partial charge >= 0.3 is 0 Å². The van der Waals surface area contributed by atoms with Crippen LogP contribution >= 0.6 is 15.9 Å². The van der Waals surface area contributed by atoms with Crippen LogP contribution in [0.15, 0.2) is 16.6 Å². The van der Waals surface area contributed by atoms with E-state index in [0.29, 0.717) is 17.0 Å². The molecule has 0 bridgehead atoms. The average molecular weight is 276 g/mol. The lowest BCUT2D eigenvalue weighted by Crippen LogP contribution is -2.44. The fraction of sp³-hybridized carbons (Fsp3) is 0.500. The topological polar surface area (TPSA) is 56.4 Å². The molecule has 15 heavy (non-hydrogen) atoms. The third kappa shape index (κ3) is 2.68. The van der Waals surface area contributed by atoms with Gasteiger partial charge in [-0.05, 0) is 6.92 Å². The Labute approximate surface area is 97.2 Å². The van der Waals surface area contributed by atoms with Gasteiger partial charge in [0.15, 0.2) is 5.69 Å². The van der Waals surface area contributed by atoms with Gasteiger partial charge in [0.2, 0.25) is 0 Å². The third-order valence-corrected chi connectivity index (χ3v) is 2.52. The maximum Gasteiger partial charge on any atom is 0.253 e. The molecule has 0 aliphatic carbocycles. The van der Waals surface area contributed by atoms with Gasteiger partial charge in [-0.3, -0.25) is 0 Å². The van der Waals surface area contributed by atoms with Crippen LogP contribution in [-0.2, 0) is 10.5 Å². The predicted molar refractivity (Wildman–Crippen MR) is 59.0 cm³/mol. The van der Waals surface area contributed by atoms with E-state index in [1.165, 1.54) is 6.92 Å². The van der Waals surface area contributed by atoms with E-state index in [4.69, 9.17) is 4.74 Å². The number of aryl methyl sites for hydroxylation is 1. The molecule has 1 unspecified atom stereocenters. The molecule has 0 aliphatic heterocycles. The van der Waals surface area contributed by atoms with Crippen molar-refractivity contribution < 1.29 is 14.6 Å². The van der Waals surface area contributed by atoms with Crippen LogP contribution in [0, 0.1) is 12.1 Å². The molecule has 0 aliphatic rings. The van der Waals surface area contributed by atoms with Crippen LogP contribution in [0.2, 0.25) is 0 Å². The molecular formula is C10H14BrNO3. The summed E-state index contributed by atoms with van der Waals surface area (Å²) in [6.07, 6.45) is 0.